The first-order chi connectivity index (χ1) is 14.3. The maximum atomic E-state index is 12.9. The first-order valence-electron chi connectivity index (χ1n) is 9.00. The van der Waals surface area contributed by atoms with Crippen molar-refractivity contribution in [1.29, 1.82) is 0 Å². The quantitative estimate of drug-likeness (QED) is 0.618. The van der Waals surface area contributed by atoms with Crippen LogP contribution in [0.4, 0.5) is 18.3 Å². The Kier molecular flexibility index (Phi) is 5.29. The molecule has 0 bridgehead atoms. The van der Waals surface area contributed by atoms with Crippen molar-refractivity contribution in [2.24, 2.45) is 0 Å². The van der Waals surface area contributed by atoms with Gasteiger partial charge in [0.2, 0.25) is 0 Å². The molecule has 0 radical (unpaired) electrons. The molecular formula is C21H15F3N2O3S. The second kappa shape index (κ2) is 7.91. The molecule has 1 atom stereocenters. The highest BCUT2D eigenvalue weighted by atomic mass is 32.1. The Morgan fingerprint density at radius 1 is 1.20 bits per heavy atom. The topological polar surface area (TPSA) is 68.3 Å². The molecule has 3 aromatic rings. The van der Waals surface area contributed by atoms with Crippen molar-refractivity contribution in [3.05, 3.63) is 81.9 Å². The zero-order chi connectivity index (χ0) is 21.3. The number of hydrogen-bond donors (Lipinski definition) is 1. The molecule has 0 aliphatic carbocycles. The molecule has 4 rings (SSSR count). The number of benzene rings is 2. The average molecular weight is 432 g/mol. The maximum Gasteiger partial charge on any atom is 0.416 e. The maximum absolute atomic E-state index is 12.9. The summed E-state index contributed by atoms with van der Waals surface area (Å²) >= 11 is 1.16. The number of carbonyl (C=O) groups excluding carboxylic acids is 2. The van der Waals surface area contributed by atoms with E-state index in [0.717, 1.165) is 29.0 Å². The van der Waals surface area contributed by atoms with Gasteiger partial charge in [-0.1, -0.05) is 36.4 Å². The Morgan fingerprint density at radius 3 is 2.80 bits per heavy atom. The molecule has 1 unspecified atom stereocenters. The van der Waals surface area contributed by atoms with Crippen molar-refractivity contribution in [2.45, 2.75) is 25.1 Å². The van der Waals surface area contributed by atoms with Crippen molar-refractivity contribution in [3.8, 4) is 0 Å². The Balaban J connectivity index is 1.42. The lowest BCUT2D eigenvalue weighted by Gasteiger charge is -2.23. The molecule has 0 spiro atoms. The van der Waals surface area contributed by atoms with E-state index in [1.165, 1.54) is 12.3 Å². The van der Waals surface area contributed by atoms with Crippen LogP contribution in [0, 0.1) is 0 Å². The zero-order valence-electron chi connectivity index (χ0n) is 15.4. The smallest absolute Gasteiger partial charge is 0.416 e. The number of ether oxygens (including phenoxy) is 1. The highest BCUT2D eigenvalue weighted by Crippen LogP contribution is 2.31. The molecule has 2 heterocycles. The molecule has 0 fully saturated rings. The third kappa shape index (κ3) is 4.35. The second-order valence-corrected chi connectivity index (χ2v) is 7.87. The number of thiazole rings is 1. The van der Waals surface area contributed by atoms with Crippen molar-refractivity contribution < 1.29 is 27.5 Å². The standard InChI is InChI=1S/C21H15F3N2O3S/c22-21(23,24)14-6-3-4-12(8-14)9-15-11-25-20(30-15)26-18(27)17-10-13-5-1-2-7-16(13)19(28)29-17/h1-8,11,17H,9-10H2,(H,25,26,27). The molecule has 1 N–H and O–H groups in total. The fourth-order valence-corrected chi connectivity index (χ4v) is 4.02. The Morgan fingerprint density at radius 2 is 2.00 bits per heavy atom. The van der Waals surface area contributed by atoms with Gasteiger partial charge in [0.05, 0.1) is 11.1 Å². The normalized spacial score (nSPS) is 16.0. The van der Waals surface area contributed by atoms with Gasteiger partial charge in [0.25, 0.3) is 5.91 Å². The highest BCUT2D eigenvalue weighted by molar-refractivity contribution is 7.15. The van der Waals surface area contributed by atoms with Gasteiger partial charge < -0.3 is 4.74 Å². The predicted molar refractivity (Wildman–Crippen MR) is 104 cm³/mol. The van der Waals surface area contributed by atoms with Crippen LogP contribution in [-0.4, -0.2) is 23.0 Å². The van der Waals surface area contributed by atoms with E-state index in [9.17, 15) is 22.8 Å². The van der Waals surface area contributed by atoms with E-state index < -0.39 is 29.7 Å². The van der Waals surface area contributed by atoms with Gasteiger partial charge in [-0.2, -0.15) is 13.2 Å². The molecule has 154 valence electrons. The summed E-state index contributed by atoms with van der Waals surface area (Å²) in [5.74, 6) is -1.06. The zero-order valence-corrected chi connectivity index (χ0v) is 16.2. The number of carbonyl (C=O) groups is 2. The van der Waals surface area contributed by atoms with Crippen LogP contribution >= 0.6 is 11.3 Å². The summed E-state index contributed by atoms with van der Waals surface area (Å²) in [6.45, 7) is 0. The van der Waals surface area contributed by atoms with E-state index in [1.807, 2.05) is 0 Å². The highest BCUT2D eigenvalue weighted by Gasteiger charge is 2.32. The number of alkyl halides is 3. The van der Waals surface area contributed by atoms with Crippen LogP contribution in [-0.2, 0) is 28.5 Å². The minimum Gasteiger partial charge on any atom is -0.448 e. The molecule has 1 aliphatic heterocycles. The lowest BCUT2D eigenvalue weighted by atomic mass is 9.98. The summed E-state index contributed by atoms with van der Waals surface area (Å²) in [7, 11) is 0. The van der Waals surface area contributed by atoms with E-state index in [0.29, 0.717) is 16.0 Å². The van der Waals surface area contributed by atoms with Crippen LogP contribution in [0.3, 0.4) is 0 Å². The van der Waals surface area contributed by atoms with Crippen LogP contribution < -0.4 is 5.32 Å². The number of halogens is 3. The minimum absolute atomic E-state index is 0.253. The lowest BCUT2D eigenvalue weighted by molar-refractivity contribution is -0.137. The number of anilines is 1. The first kappa shape index (κ1) is 20.1. The number of fused-ring (bicyclic) bond motifs is 1. The lowest BCUT2D eigenvalue weighted by Crippen LogP contribution is -2.37. The fraction of sp³-hybridized carbons (Fsp3) is 0.190. The van der Waals surface area contributed by atoms with Gasteiger partial charge >= 0.3 is 12.1 Å². The third-order valence-corrected chi connectivity index (χ3v) is 5.51. The Hall–Kier alpha value is -3.20. The van der Waals surface area contributed by atoms with E-state index in [-0.39, 0.29) is 18.0 Å². The van der Waals surface area contributed by atoms with Crippen molar-refractivity contribution >= 4 is 28.3 Å². The summed E-state index contributed by atoms with van der Waals surface area (Å²) in [5, 5.41) is 2.90. The first-order valence-corrected chi connectivity index (χ1v) is 9.82. The summed E-state index contributed by atoms with van der Waals surface area (Å²) in [6, 6.07) is 12.0. The molecule has 1 amide bonds. The average Bonchev–Trinajstić information content (AvgIpc) is 3.14. The van der Waals surface area contributed by atoms with Crippen molar-refractivity contribution in [2.75, 3.05) is 5.32 Å². The number of hydrogen-bond acceptors (Lipinski definition) is 5. The largest absolute Gasteiger partial charge is 0.448 e. The number of esters is 1. The number of aromatic nitrogens is 1. The molecular weight excluding hydrogens is 417 g/mol. The van der Waals surface area contributed by atoms with Gasteiger partial charge in [-0.25, -0.2) is 9.78 Å². The van der Waals surface area contributed by atoms with E-state index in [2.05, 4.69) is 10.3 Å². The Labute approximate surface area is 173 Å². The van der Waals surface area contributed by atoms with Gasteiger partial charge in [-0.3, -0.25) is 10.1 Å². The number of nitrogens with one attached hydrogen (secondary N) is 1. The fourth-order valence-electron chi connectivity index (χ4n) is 3.17. The van der Waals surface area contributed by atoms with Gasteiger partial charge in [0.15, 0.2) is 11.2 Å². The van der Waals surface area contributed by atoms with Crippen LogP contribution in [0.5, 0.6) is 0 Å². The Bertz CT molecular complexity index is 1110. The third-order valence-electron chi connectivity index (χ3n) is 4.60. The molecule has 0 saturated carbocycles. The van der Waals surface area contributed by atoms with Crippen LogP contribution in [0.2, 0.25) is 0 Å². The predicted octanol–water partition coefficient (Wildman–Crippen LogP) is 4.47. The van der Waals surface area contributed by atoms with Gasteiger partial charge in [-0.05, 0) is 23.3 Å². The van der Waals surface area contributed by atoms with Gasteiger partial charge in [0.1, 0.15) is 0 Å². The summed E-state index contributed by atoms with van der Waals surface area (Å²) in [6.07, 6.45) is -3.36. The van der Waals surface area contributed by atoms with Crippen molar-refractivity contribution in [3.63, 3.8) is 0 Å². The second-order valence-electron chi connectivity index (χ2n) is 6.75. The summed E-state index contributed by atoms with van der Waals surface area (Å²) in [4.78, 5) is 29.4. The number of amides is 1. The molecule has 5 nitrogen and oxygen atoms in total. The van der Waals surface area contributed by atoms with Gasteiger partial charge in [-0.15, -0.1) is 11.3 Å². The van der Waals surface area contributed by atoms with E-state index >= 15 is 0 Å². The van der Waals surface area contributed by atoms with Crippen LogP contribution in [0.15, 0.2) is 54.7 Å². The number of cyclic esters (lactones) is 1. The number of nitrogens with zero attached hydrogens (tertiary/aromatic N) is 1. The number of rotatable bonds is 4. The molecule has 9 heteroatoms. The van der Waals surface area contributed by atoms with Crippen LogP contribution in [0.25, 0.3) is 0 Å². The molecule has 2 aromatic carbocycles. The summed E-state index contributed by atoms with van der Waals surface area (Å²) in [5.41, 5.74) is 0.957. The molecule has 1 aromatic heterocycles. The monoisotopic (exact) mass is 432 g/mol. The molecule has 0 saturated heterocycles. The van der Waals surface area contributed by atoms with E-state index in [4.69, 9.17) is 4.74 Å². The minimum atomic E-state index is -4.40. The van der Waals surface area contributed by atoms with Crippen molar-refractivity contribution in [1.82, 2.24) is 4.98 Å². The van der Waals surface area contributed by atoms with Gasteiger partial charge in [0, 0.05) is 23.9 Å². The van der Waals surface area contributed by atoms with Crippen LogP contribution in [0.1, 0.15) is 31.9 Å². The summed E-state index contributed by atoms with van der Waals surface area (Å²) < 4.78 is 43.8. The SMILES string of the molecule is O=C1OC(C(=O)Nc2ncc(Cc3cccc(C(F)(F)F)c3)s2)Cc2ccccc21. The molecule has 1 aliphatic rings. The van der Waals surface area contributed by atoms with E-state index in [1.54, 1.807) is 30.3 Å². The molecule has 30 heavy (non-hydrogen) atoms.